The number of hydrazine groups is 1. The summed E-state index contributed by atoms with van der Waals surface area (Å²) >= 11 is 0. The van der Waals surface area contributed by atoms with E-state index in [0.717, 1.165) is 48.9 Å². The van der Waals surface area contributed by atoms with Crippen LogP contribution in [0.4, 0.5) is 0 Å². The van der Waals surface area contributed by atoms with Crippen molar-refractivity contribution >= 4 is 16.8 Å². The Hall–Kier alpha value is -1.89. The molecular formula is C21H31N5O. The monoisotopic (exact) mass is 369 g/mol. The second-order valence-electron chi connectivity index (χ2n) is 8.05. The van der Waals surface area contributed by atoms with Gasteiger partial charge in [-0.1, -0.05) is 31.5 Å². The summed E-state index contributed by atoms with van der Waals surface area (Å²) in [5, 5.41) is 1.16. The topological polar surface area (TPSA) is 86.2 Å². The van der Waals surface area contributed by atoms with Crippen LogP contribution in [0.5, 0.6) is 0 Å². The normalized spacial score (nSPS) is 25.2. The van der Waals surface area contributed by atoms with Crippen LogP contribution < -0.4 is 16.6 Å². The standard InChI is InChI=1S/C21H31N5O/c1-2-14-13-24-25-20(14)15-7-9-26(10-8-15)21(27)18(22)11-16-12-23-19-6-4-3-5-17(16)19/h3-6,12,14-15,18,20,23-25H,2,7-11,13,22H2,1H3/t14?,18-,20?/m0/s1. The van der Waals surface area contributed by atoms with Crippen molar-refractivity contribution in [2.24, 2.45) is 17.6 Å². The van der Waals surface area contributed by atoms with Crippen LogP contribution in [-0.2, 0) is 11.2 Å². The van der Waals surface area contributed by atoms with Gasteiger partial charge in [0.1, 0.15) is 0 Å². The lowest BCUT2D eigenvalue weighted by atomic mass is 9.82. The number of carbonyl (C=O) groups excluding carboxylic acids is 1. The van der Waals surface area contributed by atoms with Gasteiger partial charge in [0.05, 0.1) is 6.04 Å². The minimum atomic E-state index is -0.476. The van der Waals surface area contributed by atoms with Crippen LogP contribution in [0.2, 0.25) is 0 Å². The Bertz CT molecular complexity index is 780. The van der Waals surface area contributed by atoms with Crippen molar-refractivity contribution in [3.05, 3.63) is 36.0 Å². The predicted molar refractivity (Wildman–Crippen MR) is 108 cm³/mol. The molecule has 3 atom stereocenters. The summed E-state index contributed by atoms with van der Waals surface area (Å²) in [6.45, 7) is 4.95. The average molecular weight is 370 g/mol. The van der Waals surface area contributed by atoms with Crippen molar-refractivity contribution in [3.63, 3.8) is 0 Å². The predicted octanol–water partition coefficient (Wildman–Crippen LogP) is 1.78. The number of benzene rings is 1. The molecule has 0 spiro atoms. The van der Waals surface area contributed by atoms with Gasteiger partial charge in [0.15, 0.2) is 0 Å². The number of aromatic amines is 1. The Morgan fingerprint density at radius 3 is 2.85 bits per heavy atom. The van der Waals surface area contributed by atoms with E-state index < -0.39 is 6.04 Å². The Morgan fingerprint density at radius 2 is 2.07 bits per heavy atom. The molecule has 6 nitrogen and oxygen atoms in total. The van der Waals surface area contributed by atoms with E-state index in [1.165, 1.54) is 6.42 Å². The molecule has 2 unspecified atom stereocenters. The molecule has 1 aromatic heterocycles. The lowest BCUT2D eigenvalue weighted by Crippen LogP contribution is -2.50. The summed E-state index contributed by atoms with van der Waals surface area (Å²) in [4.78, 5) is 18.1. The number of amides is 1. The van der Waals surface area contributed by atoms with E-state index in [9.17, 15) is 4.79 Å². The smallest absolute Gasteiger partial charge is 0.239 e. The number of para-hydroxylation sites is 1. The van der Waals surface area contributed by atoms with Crippen LogP contribution in [0.25, 0.3) is 10.9 Å². The number of hydrogen-bond donors (Lipinski definition) is 4. The first kappa shape index (κ1) is 18.5. The van der Waals surface area contributed by atoms with Gasteiger partial charge in [0.2, 0.25) is 5.91 Å². The number of likely N-dealkylation sites (tertiary alicyclic amines) is 1. The maximum Gasteiger partial charge on any atom is 0.239 e. The zero-order chi connectivity index (χ0) is 18.8. The molecular weight excluding hydrogens is 338 g/mol. The van der Waals surface area contributed by atoms with E-state index in [-0.39, 0.29) is 5.91 Å². The lowest BCUT2D eigenvalue weighted by Gasteiger charge is -2.37. The first-order valence-electron chi connectivity index (χ1n) is 10.2. The van der Waals surface area contributed by atoms with Crippen molar-refractivity contribution in [1.82, 2.24) is 20.7 Å². The number of nitrogens with one attached hydrogen (secondary N) is 3. The first-order valence-corrected chi connectivity index (χ1v) is 10.2. The molecule has 2 fully saturated rings. The molecule has 2 saturated heterocycles. The maximum atomic E-state index is 12.9. The Balaban J connectivity index is 1.33. The van der Waals surface area contributed by atoms with Gasteiger partial charge in [0, 0.05) is 42.8 Å². The molecule has 146 valence electrons. The third-order valence-electron chi connectivity index (χ3n) is 6.46. The van der Waals surface area contributed by atoms with Gasteiger partial charge in [-0.25, -0.2) is 0 Å². The number of nitrogens with zero attached hydrogens (tertiary/aromatic N) is 1. The van der Waals surface area contributed by atoms with E-state index in [0.29, 0.717) is 24.3 Å². The molecule has 3 heterocycles. The maximum absolute atomic E-state index is 12.9. The summed E-state index contributed by atoms with van der Waals surface area (Å²) in [5.41, 5.74) is 15.3. The van der Waals surface area contributed by atoms with E-state index in [1.807, 2.05) is 29.3 Å². The molecule has 0 saturated carbocycles. The Morgan fingerprint density at radius 1 is 1.30 bits per heavy atom. The van der Waals surface area contributed by atoms with E-state index in [1.54, 1.807) is 0 Å². The number of aromatic nitrogens is 1. The summed E-state index contributed by atoms with van der Waals surface area (Å²) in [7, 11) is 0. The molecule has 0 aliphatic carbocycles. The minimum absolute atomic E-state index is 0.0864. The summed E-state index contributed by atoms with van der Waals surface area (Å²) in [6, 6.07) is 8.22. The highest BCUT2D eigenvalue weighted by atomic mass is 16.2. The number of piperidine rings is 1. The fraction of sp³-hybridized carbons (Fsp3) is 0.571. The highest BCUT2D eigenvalue weighted by Crippen LogP contribution is 2.28. The van der Waals surface area contributed by atoms with E-state index in [2.05, 4.69) is 28.8 Å². The SMILES string of the molecule is CCC1CNNC1C1CCN(C(=O)[C@@H](N)Cc2c[nH]c3ccccc23)CC1. The van der Waals surface area contributed by atoms with Gasteiger partial charge in [-0.15, -0.1) is 0 Å². The molecule has 1 aromatic carbocycles. The first-order chi connectivity index (χ1) is 13.2. The number of hydrogen-bond acceptors (Lipinski definition) is 4. The Kier molecular flexibility index (Phi) is 5.48. The molecule has 5 N–H and O–H groups in total. The van der Waals surface area contributed by atoms with Crippen molar-refractivity contribution in [2.75, 3.05) is 19.6 Å². The quantitative estimate of drug-likeness (QED) is 0.647. The van der Waals surface area contributed by atoms with Gasteiger partial charge in [-0.3, -0.25) is 15.6 Å². The van der Waals surface area contributed by atoms with Crippen LogP contribution in [0.15, 0.2) is 30.5 Å². The van der Waals surface area contributed by atoms with Crippen LogP contribution in [0.3, 0.4) is 0 Å². The number of rotatable bonds is 5. The molecule has 2 aliphatic heterocycles. The zero-order valence-corrected chi connectivity index (χ0v) is 16.1. The van der Waals surface area contributed by atoms with Crippen LogP contribution in [0, 0.1) is 11.8 Å². The van der Waals surface area contributed by atoms with Gasteiger partial charge in [-0.05, 0) is 42.7 Å². The van der Waals surface area contributed by atoms with E-state index >= 15 is 0 Å². The van der Waals surface area contributed by atoms with Gasteiger partial charge in [-0.2, -0.15) is 0 Å². The van der Waals surface area contributed by atoms with Crippen molar-refractivity contribution in [2.45, 2.75) is 44.7 Å². The fourth-order valence-electron chi connectivity index (χ4n) is 4.79. The third-order valence-corrected chi connectivity index (χ3v) is 6.46. The molecule has 27 heavy (non-hydrogen) atoms. The Labute approximate surface area is 160 Å². The fourth-order valence-corrected chi connectivity index (χ4v) is 4.79. The van der Waals surface area contributed by atoms with Crippen LogP contribution in [-0.4, -0.2) is 47.5 Å². The van der Waals surface area contributed by atoms with Crippen molar-refractivity contribution in [1.29, 1.82) is 0 Å². The van der Waals surface area contributed by atoms with Gasteiger partial charge in [0.25, 0.3) is 0 Å². The second-order valence-corrected chi connectivity index (χ2v) is 8.05. The van der Waals surface area contributed by atoms with E-state index in [4.69, 9.17) is 5.73 Å². The third kappa shape index (κ3) is 3.74. The number of carbonyl (C=O) groups is 1. The molecule has 0 bridgehead atoms. The lowest BCUT2D eigenvalue weighted by molar-refractivity contribution is -0.134. The van der Waals surface area contributed by atoms with Gasteiger partial charge >= 0.3 is 0 Å². The van der Waals surface area contributed by atoms with Crippen LogP contribution in [0.1, 0.15) is 31.7 Å². The summed E-state index contributed by atoms with van der Waals surface area (Å²) < 4.78 is 0. The molecule has 4 rings (SSSR count). The molecule has 1 amide bonds. The van der Waals surface area contributed by atoms with Crippen molar-refractivity contribution in [3.8, 4) is 0 Å². The number of nitrogens with two attached hydrogens (primary N) is 1. The minimum Gasteiger partial charge on any atom is -0.361 e. The zero-order valence-electron chi connectivity index (χ0n) is 16.1. The van der Waals surface area contributed by atoms with Crippen molar-refractivity contribution < 1.29 is 4.79 Å². The largest absolute Gasteiger partial charge is 0.361 e. The highest BCUT2D eigenvalue weighted by molar-refractivity contribution is 5.86. The number of fused-ring (bicyclic) bond motifs is 1. The van der Waals surface area contributed by atoms with Crippen LogP contribution >= 0.6 is 0 Å². The highest BCUT2D eigenvalue weighted by Gasteiger charge is 2.35. The molecule has 6 heteroatoms. The summed E-state index contributed by atoms with van der Waals surface area (Å²) in [5.74, 6) is 1.42. The molecule has 2 aromatic rings. The number of H-pyrrole nitrogens is 1. The molecule has 2 aliphatic rings. The second kappa shape index (κ2) is 8.00. The van der Waals surface area contributed by atoms with Gasteiger partial charge < -0.3 is 15.6 Å². The summed E-state index contributed by atoms with van der Waals surface area (Å²) in [6.07, 6.45) is 5.87. The molecule has 0 radical (unpaired) electrons. The average Bonchev–Trinajstić information content (AvgIpc) is 3.35.